The standard InChI is InChI=1S/C9H9NOS/c10-5-9-8(1-3-11-9)7-2-4-12-6-7/h1-4,6H,5,10H2. The number of rotatable bonds is 2. The molecule has 0 atom stereocenters. The normalized spacial score (nSPS) is 10.4. The van der Waals surface area contributed by atoms with Gasteiger partial charge in [0, 0.05) is 5.56 Å². The summed E-state index contributed by atoms with van der Waals surface area (Å²) < 4.78 is 5.22. The Morgan fingerprint density at radius 1 is 1.42 bits per heavy atom. The predicted molar refractivity (Wildman–Crippen MR) is 49.9 cm³/mol. The van der Waals surface area contributed by atoms with Gasteiger partial charge in [-0.3, -0.25) is 0 Å². The smallest absolute Gasteiger partial charge is 0.125 e. The first-order chi connectivity index (χ1) is 5.92. The summed E-state index contributed by atoms with van der Waals surface area (Å²) in [6, 6.07) is 4.01. The van der Waals surface area contributed by atoms with E-state index in [9.17, 15) is 0 Å². The molecule has 0 saturated carbocycles. The quantitative estimate of drug-likeness (QED) is 0.769. The molecule has 2 aromatic heterocycles. The Labute approximate surface area is 74.6 Å². The number of furan rings is 1. The lowest BCUT2D eigenvalue weighted by molar-refractivity contribution is 0.513. The first kappa shape index (κ1) is 7.58. The Hall–Kier alpha value is -1.06. The monoisotopic (exact) mass is 179 g/mol. The number of thiophene rings is 1. The van der Waals surface area contributed by atoms with Crippen molar-refractivity contribution < 1.29 is 4.42 Å². The Kier molecular flexibility index (Phi) is 1.98. The molecule has 0 saturated heterocycles. The first-order valence-electron chi connectivity index (χ1n) is 3.71. The van der Waals surface area contributed by atoms with E-state index in [4.69, 9.17) is 10.2 Å². The van der Waals surface area contributed by atoms with Gasteiger partial charge in [0.2, 0.25) is 0 Å². The zero-order valence-electron chi connectivity index (χ0n) is 6.49. The topological polar surface area (TPSA) is 39.2 Å². The summed E-state index contributed by atoms with van der Waals surface area (Å²) in [4.78, 5) is 0. The van der Waals surface area contributed by atoms with E-state index in [1.165, 1.54) is 5.56 Å². The second kappa shape index (κ2) is 3.13. The van der Waals surface area contributed by atoms with E-state index < -0.39 is 0 Å². The van der Waals surface area contributed by atoms with Crippen LogP contribution in [0.4, 0.5) is 0 Å². The van der Waals surface area contributed by atoms with Crippen molar-refractivity contribution in [3.63, 3.8) is 0 Å². The van der Waals surface area contributed by atoms with E-state index in [-0.39, 0.29) is 0 Å². The second-order valence-corrected chi connectivity index (χ2v) is 3.25. The fourth-order valence-electron chi connectivity index (χ4n) is 1.17. The Morgan fingerprint density at radius 3 is 3.00 bits per heavy atom. The summed E-state index contributed by atoms with van der Waals surface area (Å²) in [5.41, 5.74) is 7.81. The van der Waals surface area contributed by atoms with Gasteiger partial charge in [-0.2, -0.15) is 11.3 Å². The summed E-state index contributed by atoms with van der Waals surface area (Å²) >= 11 is 1.67. The highest BCUT2D eigenvalue weighted by Crippen LogP contribution is 2.26. The van der Waals surface area contributed by atoms with Crippen LogP contribution in [0.3, 0.4) is 0 Å². The predicted octanol–water partition coefficient (Wildman–Crippen LogP) is 2.47. The third kappa shape index (κ3) is 1.17. The van der Waals surface area contributed by atoms with Crippen LogP contribution in [0.2, 0.25) is 0 Å². The lowest BCUT2D eigenvalue weighted by Crippen LogP contribution is -1.95. The molecule has 0 amide bonds. The molecular weight excluding hydrogens is 170 g/mol. The number of hydrogen-bond donors (Lipinski definition) is 1. The van der Waals surface area contributed by atoms with E-state index >= 15 is 0 Å². The molecule has 2 heterocycles. The van der Waals surface area contributed by atoms with Crippen molar-refractivity contribution in [3.8, 4) is 11.1 Å². The van der Waals surface area contributed by atoms with E-state index in [0.29, 0.717) is 6.54 Å². The molecule has 2 aromatic rings. The van der Waals surface area contributed by atoms with Crippen LogP contribution in [-0.2, 0) is 6.54 Å². The van der Waals surface area contributed by atoms with Crippen molar-refractivity contribution in [3.05, 3.63) is 34.9 Å². The van der Waals surface area contributed by atoms with Crippen LogP contribution in [0.1, 0.15) is 5.76 Å². The van der Waals surface area contributed by atoms with Gasteiger partial charge in [-0.15, -0.1) is 0 Å². The van der Waals surface area contributed by atoms with Gasteiger partial charge in [0.05, 0.1) is 12.8 Å². The lowest BCUT2D eigenvalue weighted by atomic mass is 10.1. The molecule has 12 heavy (non-hydrogen) atoms. The van der Waals surface area contributed by atoms with Crippen LogP contribution in [0.25, 0.3) is 11.1 Å². The van der Waals surface area contributed by atoms with Gasteiger partial charge in [-0.05, 0) is 28.5 Å². The zero-order chi connectivity index (χ0) is 8.39. The van der Waals surface area contributed by atoms with Gasteiger partial charge < -0.3 is 10.2 Å². The molecule has 2 rings (SSSR count). The highest BCUT2D eigenvalue weighted by molar-refractivity contribution is 7.08. The summed E-state index contributed by atoms with van der Waals surface area (Å²) in [5.74, 6) is 0.855. The summed E-state index contributed by atoms with van der Waals surface area (Å²) in [5, 5.41) is 4.13. The maximum absolute atomic E-state index is 5.51. The molecule has 62 valence electrons. The molecular formula is C9H9NOS. The molecule has 0 unspecified atom stereocenters. The summed E-state index contributed by atoms with van der Waals surface area (Å²) in [7, 11) is 0. The van der Waals surface area contributed by atoms with Crippen LogP contribution in [0.5, 0.6) is 0 Å². The van der Waals surface area contributed by atoms with E-state index in [2.05, 4.69) is 11.4 Å². The largest absolute Gasteiger partial charge is 0.467 e. The lowest BCUT2D eigenvalue weighted by Gasteiger charge is -1.94. The average Bonchev–Trinajstić information content (AvgIpc) is 2.74. The summed E-state index contributed by atoms with van der Waals surface area (Å²) in [6.45, 7) is 0.457. The van der Waals surface area contributed by atoms with Crippen molar-refractivity contribution >= 4 is 11.3 Å². The van der Waals surface area contributed by atoms with Gasteiger partial charge >= 0.3 is 0 Å². The van der Waals surface area contributed by atoms with Crippen LogP contribution < -0.4 is 5.73 Å². The van der Waals surface area contributed by atoms with Crippen molar-refractivity contribution in [2.45, 2.75) is 6.54 Å². The molecule has 0 aromatic carbocycles. The van der Waals surface area contributed by atoms with E-state index in [1.54, 1.807) is 17.6 Å². The molecule has 0 aliphatic heterocycles. The van der Waals surface area contributed by atoms with Gasteiger partial charge in [-0.25, -0.2) is 0 Å². The molecule has 0 radical (unpaired) electrons. The third-order valence-electron chi connectivity index (χ3n) is 1.76. The Balaban J connectivity index is 2.46. The fraction of sp³-hybridized carbons (Fsp3) is 0.111. The van der Waals surface area contributed by atoms with Gasteiger partial charge in [0.15, 0.2) is 0 Å². The minimum absolute atomic E-state index is 0.457. The molecule has 2 N–H and O–H groups in total. The van der Waals surface area contributed by atoms with Crippen LogP contribution in [-0.4, -0.2) is 0 Å². The van der Waals surface area contributed by atoms with Crippen molar-refractivity contribution in [1.82, 2.24) is 0 Å². The van der Waals surface area contributed by atoms with Crippen LogP contribution >= 0.6 is 11.3 Å². The highest BCUT2D eigenvalue weighted by Gasteiger charge is 2.06. The van der Waals surface area contributed by atoms with Crippen LogP contribution in [0, 0.1) is 0 Å². The minimum Gasteiger partial charge on any atom is -0.467 e. The summed E-state index contributed by atoms with van der Waals surface area (Å²) in [6.07, 6.45) is 1.68. The van der Waals surface area contributed by atoms with Crippen molar-refractivity contribution in [2.75, 3.05) is 0 Å². The SMILES string of the molecule is NCc1occc1-c1ccsc1. The van der Waals surface area contributed by atoms with Crippen LogP contribution in [0.15, 0.2) is 33.6 Å². The molecule has 3 heteroatoms. The van der Waals surface area contributed by atoms with Gasteiger partial charge in [-0.1, -0.05) is 0 Å². The molecule has 0 aliphatic rings. The molecule has 0 fully saturated rings. The van der Waals surface area contributed by atoms with Crippen molar-refractivity contribution in [2.24, 2.45) is 5.73 Å². The maximum atomic E-state index is 5.51. The molecule has 2 nitrogen and oxygen atoms in total. The zero-order valence-corrected chi connectivity index (χ0v) is 7.30. The average molecular weight is 179 g/mol. The van der Waals surface area contributed by atoms with Gasteiger partial charge in [0.1, 0.15) is 5.76 Å². The Morgan fingerprint density at radius 2 is 2.33 bits per heavy atom. The Bertz CT molecular complexity index is 350. The fourth-order valence-corrected chi connectivity index (χ4v) is 1.83. The van der Waals surface area contributed by atoms with Gasteiger partial charge in [0.25, 0.3) is 0 Å². The number of nitrogens with two attached hydrogens (primary N) is 1. The molecule has 0 spiro atoms. The van der Waals surface area contributed by atoms with E-state index in [0.717, 1.165) is 11.3 Å². The van der Waals surface area contributed by atoms with E-state index in [1.807, 2.05) is 11.4 Å². The second-order valence-electron chi connectivity index (χ2n) is 2.47. The minimum atomic E-state index is 0.457. The number of hydrogen-bond acceptors (Lipinski definition) is 3. The maximum Gasteiger partial charge on any atom is 0.125 e. The third-order valence-corrected chi connectivity index (χ3v) is 2.45. The van der Waals surface area contributed by atoms with Crippen molar-refractivity contribution in [1.29, 1.82) is 0 Å². The molecule has 0 aliphatic carbocycles. The first-order valence-corrected chi connectivity index (χ1v) is 4.65. The molecule has 0 bridgehead atoms. The highest BCUT2D eigenvalue weighted by atomic mass is 32.1.